The van der Waals surface area contributed by atoms with Gasteiger partial charge in [0.05, 0.1) is 6.20 Å². The van der Waals surface area contributed by atoms with E-state index in [1.54, 1.807) is 24.0 Å². The van der Waals surface area contributed by atoms with Crippen LogP contribution in [0.4, 0.5) is 0 Å². The summed E-state index contributed by atoms with van der Waals surface area (Å²) in [5.41, 5.74) is 2.01. The Morgan fingerprint density at radius 3 is 2.73 bits per heavy atom. The smallest absolute Gasteiger partial charge is 0.134 e. The van der Waals surface area contributed by atoms with E-state index < -0.39 is 0 Å². The molecule has 2 nitrogen and oxygen atoms in total. The molecule has 1 aromatic carbocycles. The van der Waals surface area contributed by atoms with E-state index in [0.29, 0.717) is 0 Å². The minimum atomic E-state index is 0.196. The molecule has 0 aliphatic carbocycles. The zero-order valence-corrected chi connectivity index (χ0v) is 9.16. The van der Waals surface area contributed by atoms with Gasteiger partial charge in [0.15, 0.2) is 0 Å². The molecule has 0 aliphatic heterocycles. The Bertz CT molecular complexity index is 471. The van der Waals surface area contributed by atoms with Crippen molar-refractivity contribution in [1.82, 2.24) is 4.98 Å². The van der Waals surface area contributed by atoms with Crippen molar-refractivity contribution < 1.29 is 5.11 Å². The summed E-state index contributed by atoms with van der Waals surface area (Å²) in [6, 6.07) is 9.87. The topological polar surface area (TPSA) is 33.1 Å². The largest absolute Gasteiger partial charge is 0.506 e. The second-order valence-corrected chi connectivity index (χ2v) is 4.04. The van der Waals surface area contributed by atoms with E-state index in [4.69, 9.17) is 0 Å². The van der Waals surface area contributed by atoms with Gasteiger partial charge < -0.3 is 5.11 Å². The third kappa shape index (κ3) is 2.30. The molecule has 1 heterocycles. The molecule has 3 heteroatoms. The average molecular weight is 217 g/mol. The highest BCUT2D eigenvalue weighted by Gasteiger charge is 2.00. The van der Waals surface area contributed by atoms with Gasteiger partial charge in [-0.25, -0.2) is 0 Å². The van der Waals surface area contributed by atoms with Crippen molar-refractivity contribution in [1.29, 1.82) is 0 Å². The predicted octanol–water partition coefficient (Wildman–Crippen LogP) is 3.18. The van der Waals surface area contributed by atoms with Crippen molar-refractivity contribution in [3.8, 4) is 16.9 Å². The van der Waals surface area contributed by atoms with Crippen LogP contribution >= 0.6 is 11.8 Å². The first-order valence-electron chi connectivity index (χ1n) is 4.58. The lowest BCUT2D eigenvalue weighted by Gasteiger charge is -2.03. The minimum absolute atomic E-state index is 0.196. The molecule has 2 rings (SSSR count). The van der Waals surface area contributed by atoms with Gasteiger partial charge in [0.2, 0.25) is 0 Å². The molecular formula is C12H11NOS. The molecule has 0 radical (unpaired) electrons. The second-order valence-electron chi connectivity index (χ2n) is 3.16. The number of rotatable bonds is 2. The molecule has 0 atom stereocenters. The molecule has 0 spiro atoms. The van der Waals surface area contributed by atoms with E-state index in [2.05, 4.69) is 17.1 Å². The lowest BCUT2D eigenvalue weighted by Crippen LogP contribution is -1.80. The highest BCUT2D eigenvalue weighted by atomic mass is 32.2. The van der Waals surface area contributed by atoms with Gasteiger partial charge in [0.25, 0.3) is 0 Å². The maximum atomic E-state index is 9.33. The molecule has 1 N–H and O–H groups in total. The maximum absolute atomic E-state index is 9.33. The van der Waals surface area contributed by atoms with E-state index in [9.17, 15) is 5.11 Å². The first-order valence-corrected chi connectivity index (χ1v) is 5.80. The fourth-order valence-corrected chi connectivity index (χ4v) is 1.85. The van der Waals surface area contributed by atoms with Crippen molar-refractivity contribution >= 4 is 11.8 Å². The predicted molar refractivity (Wildman–Crippen MR) is 63.1 cm³/mol. The Labute approximate surface area is 93.0 Å². The number of thioether (sulfide) groups is 1. The monoisotopic (exact) mass is 217 g/mol. The SMILES string of the molecule is CSc1cccc(-c2cncc(O)c2)c1. The average Bonchev–Trinajstić information content (AvgIpc) is 2.29. The van der Waals surface area contributed by atoms with Gasteiger partial charge in [0, 0.05) is 16.7 Å². The van der Waals surface area contributed by atoms with Crippen LogP contribution in [-0.2, 0) is 0 Å². The normalized spacial score (nSPS) is 10.2. The Morgan fingerprint density at radius 2 is 2.00 bits per heavy atom. The van der Waals surface area contributed by atoms with E-state index in [0.717, 1.165) is 11.1 Å². The lowest BCUT2D eigenvalue weighted by molar-refractivity contribution is 0.473. The fourth-order valence-electron chi connectivity index (χ4n) is 1.39. The van der Waals surface area contributed by atoms with Crippen LogP contribution in [0.25, 0.3) is 11.1 Å². The summed E-state index contributed by atoms with van der Waals surface area (Å²) in [5.74, 6) is 0.196. The lowest BCUT2D eigenvalue weighted by atomic mass is 10.1. The first kappa shape index (κ1) is 10.1. The first-order chi connectivity index (χ1) is 7.29. The van der Waals surface area contributed by atoms with Crippen LogP contribution in [0.3, 0.4) is 0 Å². The van der Waals surface area contributed by atoms with Gasteiger partial charge in [-0.05, 0) is 30.0 Å². The third-order valence-electron chi connectivity index (χ3n) is 2.13. The molecular weight excluding hydrogens is 206 g/mol. The molecule has 0 saturated carbocycles. The van der Waals surface area contributed by atoms with Crippen LogP contribution in [0.1, 0.15) is 0 Å². The number of nitrogens with zero attached hydrogens (tertiary/aromatic N) is 1. The number of hydrogen-bond acceptors (Lipinski definition) is 3. The molecule has 0 fully saturated rings. The van der Waals surface area contributed by atoms with Gasteiger partial charge >= 0.3 is 0 Å². The van der Waals surface area contributed by atoms with Crippen LogP contribution in [0.15, 0.2) is 47.6 Å². The molecule has 0 unspecified atom stereocenters. The van der Waals surface area contributed by atoms with Crippen molar-refractivity contribution in [3.63, 3.8) is 0 Å². The summed E-state index contributed by atoms with van der Waals surface area (Å²) >= 11 is 1.70. The van der Waals surface area contributed by atoms with Crippen LogP contribution in [0.2, 0.25) is 0 Å². The number of aromatic hydroxyl groups is 1. The Balaban J connectivity index is 2.44. The zero-order valence-electron chi connectivity index (χ0n) is 8.34. The molecule has 76 valence electrons. The number of benzene rings is 1. The van der Waals surface area contributed by atoms with Crippen LogP contribution in [0, 0.1) is 0 Å². The third-order valence-corrected chi connectivity index (χ3v) is 2.85. The molecule has 15 heavy (non-hydrogen) atoms. The second kappa shape index (κ2) is 4.36. The van der Waals surface area contributed by atoms with Crippen LogP contribution in [-0.4, -0.2) is 16.3 Å². The highest BCUT2D eigenvalue weighted by Crippen LogP contribution is 2.25. The summed E-state index contributed by atoms with van der Waals surface area (Å²) in [5, 5.41) is 9.33. The number of pyridine rings is 1. The summed E-state index contributed by atoms with van der Waals surface area (Å²) < 4.78 is 0. The minimum Gasteiger partial charge on any atom is -0.506 e. The van der Waals surface area contributed by atoms with Gasteiger partial charge in [-0.1, -0.05) is 12.1 Å². The van der Waals surface area contributed by atoms with Gasteiger partial charge in [-0.3, -0.25) is 4.98 Å². The summed E-state index contributed by atoms with van der Waals surface area (Å²) in [6.07, 6.45) is 5.22. The van der Waals surface area contributed by atoms with E-state index in [-0.39, 0.29) is 5.75 Å². The van der Waals surface area contributed by atoms with E-state index in [1.165, 1.54) is 11.1 Å². The quantitative estimate of drug-likeness (QED) is 0.784. The van der Waals surface area contributed by atoms with E-state index in [1.807, 2.05) is 18.4 Å². The number of hydrogen-bond donors (Lipinski definition) is 1. The fraction of sp³-hybridized carbons (Fsp3) is 0.0833. The highest BCUT2D eigenvalue weighted by molar-refractivity contribution is 7.98. The van der Waals surface area contributed by atoms with Crippen LogP contribution < -0.4 is 0 Å². The van der Waals surface area contributed by atoms with E-state index >= 15 is 0 Å². The Kier molecular flexibility index (Phi) is 2.92. The number of aromatic nitrogens is 1. The van der Waals surface area contributed by atoms with Gasteiger partial charge in [-0.15, -0.1) is 11.8 Å². The molecule has 0 aliphatic rings. The van der Waals surface area contributed by atoms with Crippen molar-refractivity contribution in [3.05, 3.63) is 42.7 Å². The molecule has 1 aromatic heterocycles. The van der Waals surface area contributed by atoms with Crippen molar-refractivity contribution in [2.75, 3.05) is 6.26 Å². The summed E-state index contributed by atoms with van der Waals surface area (Å²) in [7, 11) is 0. The molecule has 0 saturated heterocycles. The zero-order chi connectivity index (χ0) is 10.7. The molecule has 2 aromatic rings. The molecule has 0 bridgehead atoms. The maximum Gasteiger partial charge on any atom is 0.134 e. The van der Waals surface area contributed by atoms with Gasteiger partial charge in [-0.2, -0.15) is 0 Å². The van der Waals surface area contributed by atoms with Crippen molar-refractivity contribution in [2.45, 2.75) is 4.90 Å². The Hall–Kier alpha value is -1.48. The Morgan fingerprint density at radius 1 is 1.13 bits per heavy atom. The van der Waals surface area contributed by atoms with Crippen molar-refractivity contribution in [2.24, 2.45) is 0 Å². The molecule has 0 amide bonds. The van der Waals surface area contributed by atoms with Gasteiger partial charge in [0.1, 0.15) is 5.75 Å². The van der Waals surface area contributed by atoms with Crippen LogP contribution in [0.5, 0.6) is 5.75 Å². The summed E-state index contributed by atoms with van der Waals surface area (Å²) in [6.45, 7) is 0. The summed E-state index contributed by atoms with van der Waals surface area (Å²) in [4.78, 5) is 5.16. The standard InChI is InChI=1S/C12H11NOS/c1-15-12-4-2-3-9(6-12)10-5-11(14)8-13-7-10/h2-8,14H,1H3.